The average Bonchev–Trinajstić information content (AvgIpc) is 2.93. The van der Waals surface area contributed by atoms with E-state index >= 15 is 0 Å². The molecule has 6 nitrogen and oxygen atoms in total. The summed E-state index contributed by atoms with van der Waals surface area (Å²) in [5.41, 5.74) is 2.16. The van der Waals surface area contributed by atoms with E-state index in [0.717, 1.165) is 5.69 Å². The lowest BCUT2D eigenvalue weighted by molar-refractivity contribution is -0.0749. The number of rotatable bonds is 3. The van der Waals surface area contributed by atoms with Crippen molar-refractivity contribution < 1.29 is 13.9 Å². The lowest BCUT2D eigenvalue weighted by Gasteiger charge is -2.42. The van der Waals surface area contributed by atoms with Gasteiger partial charge in [-0.1, -0.05) is 18.2 Å². The Morgan fingerprint density at radius 2 is 2.08 bits per heavy atom. The molecule has 0 spiro atoms. The first-order valence-corrected chi connectivity index (χ1v) is 7.97. The largest absolute Gasteiger partial charge is 0.376 e. The van der Waals surface area contributed by atoms with Crippen LogP contribution >= 0.6 is 0 Å². The summed E-state index contributed by atoms with van der Waals surface area (Å²) >= 11 is 0. The fourth-order valence-electron chi connectivity index (χ4n) is 3.12. The van der Waals surface area contributed by atoms with Gasteiger partial charge >= 0.3 is 0 Å². The lowest BCUT2D eigenvalue weighted by Crippen LogP contribution is -2.59. The molecule has 2 aromatic heterocycles. The van der Waals surface area contributed by atoms with Crippen LogP contribution in [0.2, 0.25) is 0 Å². The topological polar surface area (TPSA) is 68.5 Å². The van der Waals surface area contributed by atoms with E-state index < -0.39 is 5.54 Å². The maximum atomic E-state index is 14.2. The second-order valence-corrected chi connectivity index (χ2v) is 6.32. The second kappa shape index (κ2) is 5.63. The third kappa shape index (κ3) is 2.47. The summed E-state index contributed by atoms with van der Waals surface area (Å²) in [6.07, 6.45) is 1.52. The maximum Gasteiger partial charge on any atom is 0.255 e. The first-order valence-electron chi connectivity index (χ1n) is 7.97. The Morgan fingerprint density at radius 3 is 2.76 bits per heavy atom. The number of hydrogen-bond acceptors (Lipinski definition) is 4. The van der Waals surface area contributed by atoms with Crippen molar-refractivity contribution in [1.29, 1.82) is 0 Å². The number of carbonyl (C=O) groups excluding carboxylic acids is 1. The molecular weight excluding hydrogens is 323 g/mol. The number of aryl methyl sites for hydroxylation is 2. The number of carbonyl (C=O) groups is 1. The summed E-state index contributed by atoms with van der Waals surface area (Å²) in [5, 5.41) is 7.28. The van der Waals surface area contributed by atoms with E-state index in [1.165, 1.54) is 12.3 Å². The third-order valence-corrected chi connectivity index (χ3v) is 4.53. The molecule has 0 aliphatic carbocycles. The highest BCUT2D eigenvalue weighted by Crippen LogP contribution is 2.32. The van der Waals surface area contributed by atoms with E-state index in [1.807, 2.05) is 19.9 Å². The zero-order chi connectivity index (χ0) is 17.6. The van der Waals surface area contributed by atoms with Crippen LogP contribution in [-0.4, -0.2) is 33.7 Å². The van der Waals surface area contributed by atoms with Gasteiger partial charge in [0.2, 0.25) is 0 Å². The van der Waals surface area contributed by atoms with Crippen LogP contribution < -0.4 is 5.32 Å². The van der Waals surface area contributed by atoms with Crippen molar-refractivity contribution in [1.82, 2.24) is 19.9 Å². The number of aromatic nitrogens is 3. The summed E-state index contributed by atoms with van der Waals surface area (Å²) in [5.74, 6) is -0.689. The minimum atomic E-state index is -0.857. The standard InChI is InChI=1S/C18H17FN4O2/c1-11-7-16-20-8-13(12(2)23(16)22-11)17(24)21-18(9-25-10-18)14-5-3-4-6-15(14)19/h3-8H,9-10H2,1-2H3,(H,21,24). The van der Waals surface area contributed by atoms with E-state index in [4.69, 9.17) is 4.74 Å². The highest BCUT2D eigenvalue weighted by Gasteiger charge is 2.44. The van der Waals surface area contributed by atoms with Gasteiger partial charge in [0.25, 0.3) is 5.91 Å². The van der Waals surface area contributed by atoms with Crippen molar-refractivity contribution in [3.05, 3.63) is 64.9 Å². The Hall–Kier alpha value is -2.80. The minimum absolute atomic E-state index is 0.231. The molecule has 7 heteroatoms. The van der Waals surface area contributed by atoms with E-state index in [0.29, 0.717) is 22.5 Å². The van der Waals surface area contributed by atoms with Gasteiger partial charge in [-0.05, 0) is 19.9 Å². The monoisotopic (exact) mass is 340 g/mol. The van der Waals surface area contributed by atoms with Crippen LogP contribution in [0, 0.1) is 19.7 Å². The van der Waals surface area contributed by atoms with Crippen molar-refractivity contribution in [3.63, 3.8) is 0 Å². The van der Waals surface area contributed by atoms with E-state index in [-0.39, 0.29) is 24.9 Å². The molecule has 3 heterocycles. The molecule has 0 saturated carbocycles. The zero-order valence-corrected chi connectivity index (χ0v) is 13.9. The van der Waals surface area contributed by atoms with Crippen LogP contribution in [0.25, 0.3) is 5.65 Å². The van der Waals surface area contributed by atoms with Gasteiger partial charge in [-0.15, -0.1) is 0 Å². The molecule has 1 saturated heterocycles. The van der Waals surface area contributed by atoms with Gasteiger partial charge in [-0.25, -0.2) is 13.9 Å². The Kier molecular flexibility index (Phi) is 3.54. The summed E-state index contributed by atoms with van der Waals surface area (Å²) < 4.78 is 21.1. The molecule has 1 fully saturated rings. The van der Waals surface area contributed by atoms with E-state index in [2.05, 4.69) is 15.4 Å². The number of halogens is 1. The fourth-order valence-corrected chi connectivity index (χ4v) is 3.12. The first kappa shape index (κ1) is 15.7. The Morgan fingerprint density at radius 1 is 1.32 bits per heavy atom. The minimum Gasteiger partial charge on any atom is -0.376 e. The van der Waals surface area contributed by atoms with Gasteiger partial charge in [-0.2, -0.15) is 5.10 Å². The summed E-state index contributed by atoms with van der Waals surface area (Å²) in [6.45, 7) is 4.14. The quantitative estimate of drug-likeness (QED) is 0.793. The van der Waals surface area contributed by atoms with Gasteiger partial charge in [0, 0.05) is 17.8 Å². The molecule has 1 aliphatic heterocycles. The summed E-state index contributed by atoms with van der Waals surface area (Å²) in [6, 6.07) is 8.26. The van der Waals surface area contributed by atoms with Gasteiger partial charge in [0.05, 0.1) is 30.2 Å². The molecule has 0 radical (unpaired) electrons. The third-order valence-electron chi connectivity index (χ3n) is 4.53. The zero-order valence-electron chi connectivity index (χ0n) is 13.9. The SMILES string of the molecule is Cc1cc2ncc(C(=O)NC3(c4ccccc4F)COC3)c(C)n2n1. The first-order chi connectivity index (χ1) is 12.0. The number of hydrogen-bond donors (Lipinski definition) is 1. The number of nitrogens with zero attached hydrogens (tertiary/aromatic N) is 3. The van der Waals surface area contributed by atoms with Crippen molar-refractivity contribution in [3.8, 4) is 0 Å². The predicted octanol–water partition coefficient (Wildman–Crippen LogP) is 2.14. The van der Waals surface area contributed by atoms with E-state index in [1.54, 1.807) is 22.7 Å². The van der Waals surface area contributed by atoms with Gasteiger partial charge in [-0.3, -0.25) is 4.79 Å². The molecule has 1 N–H and O–H groups in total. The Labute approximate surface area is 143 Å². The normalized spacial score (nSPS) is 15.8. The molecular formula is C18H17FN4O2. The Bertz CT molecular complexity index is 978. The molecule has 3 aromatic rings. The number of amides is 1. The van der Waals surface area contributed by atoms with Crippen LogP contribution in [-0.2, 0) is 10.3 Å². The molecule has 0 unspecified atom stereocenters. The van der Waals surface area contributed by atoms with Gasteiger partial charge < -0.3 is 10.1 Å². The number of nitrogens with one attached hydrogen (secondary N) is 1. The molecule has 1 aliphatic rings. The number of ether oxygens (including phenoxy) is 1. The second-order valence-electron chi connectivity index (χ2n) is 6.32. The molecule has 128 valence electrons. The van der Waals surface area contributed by atoms with Crippen LogP contribution in [0.4, 0.5) is 4.39 Å². The maximum absolute atomic E-state index is 14.2. The molecule has 1 amide bonds. The number of fused-ring (bicyclic) bond motifs is 1. The van der Waals surface area contributed by atoms with Crippen molar-refractivity contribution in [2.24, 2.45) is 0 Å². The van der Waals surface area contributed by atoms with Crippen molar-refractivity contribution >= 4 is 11.6 Å². The van der Waals surface area contributed by atoms with Crippen molar-refractivity contribution in [2.75, 3.05) is 13.2 Å². The van der Waals surface area contributed by atoms with Gasteiger partial charge in [0.1, 0.15) is 11.4 Å². The Balaban J connectivity index is 1.70. The predicted molar refractivity (Wildman–Crippen MR) is 88.8 cm³/mol. The molecule has 0 bridgehead atoms. The highest BCUT2D eigenvalue weighted by molar-refractivity contribution is 5.95. The smallest absolute Gasteiger partial charge is 0.255 e. The fraction of sp³-hybridized carbons (Fsp3) is 0.278. The molecule has 4 rings (SSSR count). The molecule has 25 heavy (non-hydrogen) atoms. The summed E-state index contributed by atoms with van der Waals surface area (Å²) in [4.78, 5) is 17.1. The lowest BCUT2D eigenvalue weighted by atomic mass is 9.87. The van der Waals surface area contributed by atoms with Crippen LogP contribution in [0.5, 0.6) is 0 Å². The highest BCUT2D eigenvalue weighted by atomic mass is 19.1. The van der Waals surface area contributed by atoms with E-state index in [9.17, 15) is 9.18 Å². The number of benzene rings is 1. The summed E-state index contributed by atoms with van der Waals surface area (Å²) in [7, 11) is 0. The van der Waals surface area contributed by atoms with Crippen LogP contribution in [0.1, 0.15) is 27.3 Å². The van der Waals surface area contributed by atoms with Crippen LogP contribution in [0.3, 0.4) is 0 Å². The van der Waals surface area contributed by atoms with Crippen LogP contribution in [0.15, 0.2) is 36.5 Å². The van der Waals surface area contributed by atoms with Gasteiger partial charge in [0.15, 0.2) is 5.65 Å². The average molecular weight is 340 g/mol. The molecule has 1 aromatic carbocycles. The molecule has 0 atom stereocenters. The van der Waals surface area contributed by atoms with Crippen molar-refractivity contribution in [2.45, 2.75) is 19.4 Å².